The molecule has 0 unspecified atom stereocenters. The van der Waals surface area contributed by atoms with Crippen LogP contribution in [0, 0.1) is 13.8 Å². The first kappa shape index (κ1) is 18.4. The second-order valence-electron chi connectivity index (χ2n) is 5.99. The van der Waals surface area contributed by atoms with Crippen molar-refractivity contribution in [1.29, 1.82) is 0 Å². The molecule has 2 aromatic heterocycles. The second kappa shape index (κ2) is 8.82. The molecule has 0 spiro atoms. The minimum Gasteiger partial charge on any atom is -0.359 e. The van der Waals surface area contributed by atoms with Gasteiger partial charge in [-0.2, -0.15) is 0 Å². The highest BCUT2D eigenvalue weighted by atomic mass is 32.1. The molecule has 24 heavy (non-hydrogen) atoms. The highest BCUT2D eigenvalue weighted by Crippen LogP contribution is 2.17. The van der Waals surface area contributed by atoms with Crippen molar-refractivity contribution in [2.45, 2.75) is 53.5 Å². The number of thiazole rings is 1. The van der Waals surface area contributed by atoms with E-state index in [0.29, 0.717) is 12.5 Å². The van der Waals surface area contributed by atoms with Crippen molar-refractivity contribution < 1.29 is 4.52 Å². The van der Waals surface area contributed by atoms with E-state index >= 15 is 0 Å². The molecular weight excluding hydrogens is 322 g/mol. The SMILES string of the molecule is CCNC(=NCc1cc(C(C)C)no1)NCCc1sc(C)nc1C. The molecule has 0 bridgehead atoms. The molecule has 2 aromatic rings. The lowest BCUT2D eigenvalue weighted by molar-refractivity contribution is 0.376. The Morgan fingerprint density at radius 3 is 2.71 bits per heavy atom. The molecule has 0 saturated carbocycles. The number of hydrogen-bond donors (Lipinski definition) is 2. The van der Waals surface area contributed by atoms with Crippen molar-refractivity contribution in [1.82, 2.24) is 20.8 Å². The van der Waals surface area contributed by atoms with Crippen molar-refractivity contribution in [3.63, 3.8) is 0 Å². The van der Waals surface area contributed by atoms with Crippen LogP contribution in [0.2, 0.25) is 0 Å². The summed E-state index contributed by atoms with van der Waals surface area (Å²) in [7, 11) is 0. The van der Waals surface area contributed by atoms with Gasteiger partial charge < -0.3 is 15.2 Å². The Morgan fingerprint density at radius 2 is 2.12 bits per heavy atom. The molecule has 6 nitrogen and oxygen atoms in total. The maximum Gasteiger partial charge on any atom is 0.191 e. The van der Waals surface area contributed by atoms with Gasteiger partial charge in [0, 0.05) is 30.5 Å². The van der Waals surface area contributed by atoms with Gasteiger partial charge in [-0.1, -0.05) is 19.0 Å². The Morgan fingerprint density at radius 1 is 1.33 bits per heavy atom. The number of hydrogen-bond acceptors (Lipinski definition) is 5. The fourth-order valence-corrected chi connectivity index (χ4v) is 3.21. The molecule has 0 atom stereocenters. The average Bonchev–Trinajstić information content (AvgIpc) is 3.12. The van der Waals surface area contributed by atoms with Crippen LogP contribution in [-0.4, -0.2) is 29.2 Å². The number of guanidine groups is 1. The molecule has 0 aliphatic heterocycles. The molecule has 2 heterocycles. The lowest BCUT2D eigenvalue weighted by Crippen LogP contribution is -2.38. The van der Waals surface area contributed by atoms with E-state index in [2.05, 4.69) is 53.5 Å². The number of aliphatic imine (C=N–C) groups is 1. The molecule has 2 N–H and O–H groups in total. The van der Waals surface area contributed by atoms with Gasteiger partial charge in [-0.3, -0.25) is 0 Å². The summed E-state index contributed by atoms with van der Waals surface area (Å²) in [5.41, 5.74) is 2.10. The van der Waals surface area contributed by atoms with Crippen LogP contribution in [0.1, 0.15) is 53.7 Å². The topological polar surface area (TPSA) is 75.3 Å². The van der Waals surface area contributed by atoms with E-state index in [1.165, 1.54) is 4.88 Å². The molecule has 2 rings (SSSR count). The minimum atomic E-state index is 0.365. The molecule has 132 valence electrons. The third kappa shape index (κ3) is 5.33. The van der Waals surface area contributed by atoms with Gasteiger partial charge in [0.05, 0.1) is 16.4 Å². The number of aryl methyl sites for hydroxylation is 2. The van der Waals surface area contributed by atoms with Gasteiger partial charge in [0.15, 0.2) is 11.7 Å². The summed E-state index contributed by atoms with van der Waals surface area (Å²) < 4.78 is 5.33. The van der Waals surface area contributed by atoms with E-state index < -0.39 is 0 Å². The summed E-state index contributed by atoms with van der Waals surface area (Å²) in [6, 6.07) is 1.97. The van der Waals surface area contributed by atoms with Crippen LogP contribution in [0.5, 0.6) is 0 Å². The maximum absolute atomic E-state index is 5.33. The Bertz CT molecular complexity index is 674. The van der Waals surface area contributed by atoms with Gasteiger partial charge in [-0.15, -0.1) is 11.3 Å². The third-order valence-corrected chi connectivity index (χ3v) is 4.68. The van der Waals surface area contributed by atoms with Gasteiger partial charge in [-0.05, 0) is 26.7 Å². The van der Waals surface area contributed by atoms with Crippen LogP contribution in [0.15, 0.2) is 15.6 Å². The van der Waals surface area contributed by atoms with Crippen molar-refractivity contribution in [2.75, 3.05) is 13.1 Å². The summed E-state index contributed by atoms with van der Waals surface area (Å²) in [5, 5.41) is 11.8. The number of nitrogens with one attached hydrogen (secondary N) is 2. The molecule has 7 heteroatoms. The standard InChI is InChI=1S/C17H27N5OS/c1-6-18-17(19-8-7-16-12(4)21-13(5)24-16)20-10-14-9-15(11(2)3)22-23-14/h9,11H,6-8,10H2,1-5H3,(H2,18,19,20). The zero-order valence-electron chi connectivity index (χ0n) is 15.1. The third-order valence-electron chi connectivity index (χ3n) is 3.55. The lowest BCUT2D eigenvalue weighted by Gasteiger charge is -2.10. The number of nitrogens with zero attached hydrogens (tertiary/aromatic N) is 3. The van der Waals surface area contributed by atoms with Gasteiger partial charge in [0.25, 0.3) is 0 Å². The summed E-state index contributed by atoms with van der Waals surface area (Å²) in [6.45, 7) is 12.5. The average molecular weight is 350 g/mol. The van der Waals surface area contributed by atoms with Crippen LogP contribution < -0.4 is 10.6 Å². The second-order valence-corrected chi connectivity index (χ2v) is 7.27. The monoisotopic (exact) mass is 349 g/mol. The molecule has 0 amide bonds. The normalized spacial score (nSPS) is 12.0. The first-order valence-corrected chi connectivity index (χ1v) is 9.21. The zero-order valence-corrected chi connectivity index (χ0v) is 16.0. The molecule has 0 radical (unpaired) electrons. The largest absolute Gasteiger partial charge is 0.359 e. The number of rotatable bonds is 7. The molecule has 0 fully saturated rings. The Balaban J connectivity index is 1.89. The maximum atomic E-state index is 5.33. The highest BCUT2D eigenvalue weighted by molar-refractivity contribution is 7.11. The van der Waals surface area contributed by atoms with E-state index in [-0.39, 0.29) is 0 Å². The molecular formula is C17H27N5OS. The summed E-state index contributed by atoms with van der Waals surface area (Å²) in [4.78, 5) is 10.4. The predicted molar refractivity (Wildman–Crippen MR) is 98.7 cm³/mol. The molecule has 0 aliphatic carbocycles. The predicted octanol–water partition coefficient (Wildman–Crippen LogP) is 3.17. The summed E-state index contributed by atoms with van der Waals surface area (Å²) in [5.74, 6) is 1.94. The van der Waals surface area contributed by atoms with Crippen LogP contribution in [0.25, 0.3) is 0 Å². The van der Waals surface area contributed by atoms with E-state index in [0.717, 1.165) is 47.6 Å². The van der Waals surface area contributed by atoms with Gasteiger partial charge in [-0.25, -0.2) is 9.98 Å². The molecule has 0 aliphatic rings. The van der Waals surface area contributed by atoms with Crippen molar-refractivity contribution in [3.8, 4) is 0 Å². The van der Waals surface area contributed by atoms with Gasteiger partial charge in [0.1, 0.15) is 6.54 Å². The molecule has 0 saturated heterocycles. The van der Waals surface area contributed by atoms with E-state index in [1.54, 1.807) is 11.3 Å². The van der Waals surface area contributed by atoms with Gasteiger partial charge in [0.2, 0.25) is 0 Å². The fraction of sp³-hybridized carbons (Fsp3) is 0.588. The van der Waals surface area contributed by atoms with Crippen LogP contribution in [0.4, 0.5) is 0 Å². The van der Waals surface area contributed by atoms with Crippen molar-refractivity contribution >= 4 is 17.3 Å². The zero-order chi connectivity index (χ0) is 17.5. The van der Waals surface area contributed by atoms with Crippen molar-refractivity contribution in [2.24, 2.45) is 4.99 Å². The van der Waals surface area contributed by atoms with Crippen molar-refractivity contribution in [3.05, 3.63) is 33.1 Å². The van der Waals surface area contributed by atoms with Crippen LogP contribution >= 0.6 is 11.3 Å². The number of aromatic nitrogens is 2. The highest BCUT2D eigenvalue weighted by Gasteiger charge is 2.08. The van der Waals surface area contributed by atoms with Crippen LogP contribution in [0.3, 0.4) is 0 Å². The minimum absolute atomic E-state index is 0.365. The van der Waals surface area contributed by atoms with E-state index in [9.17, 15) is 0 Å². The lowest BCUT2D eigenvalue weighted by atomic mass is 10.1. The summed E-state index contributed by atoms with van der Waals surface area (Å²) in [6.07, 6.45) is 0.946. The Labute approximate surface area is 147 Å². The first-order valence-electron chi connectivity index (χ1n) is 8.40. The quantitative estimate of drug-likeness (QED) is 0.593. The van der Waals surface area contributed by atoms with Crippen LogP contribution in [-0.2, 0) is 13.0 Å². The van der Waals surface area contributed by atoms with E-state index in [4.69, 9.17) is 4.52 Å². The Kier molecular flexibility index (Phi) is 6.78. The Hall–Kier alpha value is -1.89. The molecule has 0 aromatic carbocycles. The van der Waals surface area contributed by atoms with Gasteiger partial charge >= 0.3 is 0 Å². The van der Waals surface area contributed by atoms with E-state index in [1.807, 2.05) is 13.0 Å². The first-order chi connectivity index (χ1) is 11.5. The fourth-order valence-electron chi connectivity index (χ4n) is 2.27. The summed E-state index contributed by atoms with van der Waals surface area (Å²) >= 11 is 1.76. The smallest absolute Gasteiger partial charge is 0.191 e.